The Morgan fingerprint density at radius 3 is 2.33 bits per heavy atom. The molecule has 0 bridgehead atoms. The molecule has 3 N–H and O–H groups in total. The number of amides is 2. The van der Waals surface area contributed by atoms with Crippen molar-refractivity contribution in [3.8, 4) is 0 Å². The SMILES string of the molecule is CC(C)C(=O)NCCNC(=O)c1ccc(C(=O)O)cc1F. The first kappa shape index (κ1) is 16.6. The Morgan fingerprint density at radius 1 is 1.19 bits per heavy atom. The highest BCUT2D eigenvalue weighted by Crippen LogP contribution is 2.10. The van der Waals surface area contributed by atoms with E-state index in [1.807, 2.05) is 0 Å². The number of hydrogen-bond acceptors (Lipinski definition) is 3. The van der Waals surface area contributed by atoms with E-state index in [4.69, 9.17) is 5.11 Å². The molecule has 1 aromatic rings. The summed E-state index contributed by atoms with van der Waals surface area (Å²) >= 11 is 0. The van der Waals surface area contributed by atoms with Crippen LogP contribution in [0.4, 0.5) is 4.39 Å². The predicted octanol–water partition coefficient (Wildman–Crippen LogP) is 1.03. The number of aromatic carboxylic acids is 1. The molecule has 0 radical (unpaired) electrons. The van der Waals surface area contributed by atoms with Gasteiger partial charge in [0.1, 0.15) is 5.82 Å². The van der Waals surface area contributed by atoms with Crippen molar-refractivity contribution in [3.05, 3.63) is 35.1 Å². The van der Waals surface area contributed by atoms with Gasteiger partial charge in [0.25, 0.3) is 5.91 Å². The summed E-state index contributed by atoms with van der Waals surface area (Å²) in [4.78, 5) is 33.6. The molecular weight excluding hydrogens is 279 g/mol. The minimum atomic E-state index is -1.27. The maximum absolute atomic E-state index is 13.6. The van der Waals surface area contributed by atoms with E-state index in [1.165, 1.54) is 0 Å². The minimum absolute atomic E-state index is 0.138. The third-order valence-electron chi connectivity index (χ3n) is 2.69. The molecule has 21 heavy (non-hydrogen) atoms. The van der Waals surface area contributed by atoms with Gasteiger partial charge in [-0.15, -0.1) is 0 Å². The fourth-order valence-corrected chi connectivity index (χ4v) is 1.49. The second kappa shape index (κ2) is 7.37. The van der Waals surface area contributed by atoms with Crippen molar-refractivity contribution in [2.75, 3.05) is 13.1 Å². The van der Waals surface area contributed by atoms with Gasteiger partial charge in [-0.25, -0.2) is 9.18 Å². The minimum Gasteiger partial charge on any atom is -0.478 e. The van der Waals surface area contributed by atoms with Crippen LogP contribution in [0.5, 0.6) is 0 Å². The number of rotatable bonds is 6. The monoisotopic (exact) mass is 296 g/mol. The predicted molar refractivity (Wildman–Crippen MR) is 73.5 cm³/mol. The molecule has 0 aliphatic heterocycles. The van der Waals surface area contributed by atoms with Crippen molar-refractivity contribution in [2.24, 2.45) is 5.92 Å². The molecule has 0 atom stereocenters. The van der Waals surface area contributed by atoms with Gasteiger partial charge in [-0.3, -0.25) is 9.59 Å². The molecule has 6 nitrogen and oxygen atoms in total. The van der Waals surface area contributed by atoms with Gasteiger partial charge in [0.15, 0.2) is 0 Å². The van der Waals surface area contributed by atoms with E-state index in [0.29, 0.717) is 0 Å². The van der Waals surface area contributed by atoms with Crippen molar-refractivity contribution in [1.29, 1.82) is 0 Å². The maximum atomic E-state index is 13.6. The highest BCUT2D eigenvalue weighted by Gasteiger charge is 2.14. The Morgan fingerprint density at radius 2 is 1.81 bits per heavy atom. The number of carboxylic acid groups (broad SMARTS) is 1. The molecule has 114 valence electrons. The third-order valence-corrected chi connectivity index (χ3v) is 2.69. The normalized spacial score (nSPS) is 10.3. The zero-order chi connectivity index (χ0) is 16.0. The lowest BCUT2D eigenvalue weighted by Gasteiger charge is -2.09. The smallest absolute Gasteiger partial charge is 0.335 e. The van der Waals surface area contributed by atoms with Gasteiger partial charge in [-0.2, -0.15) is 0 Å². The standard InChI is InChI=1S/C14H17FN2O4/c1-8(2)12(18)16-5-6-17-13(19)10-4-3-9(14(20)21)7-11(10)15/h3-4,7-8H,5-6H2,1-2H3,(H,16,18)(H,17,19)(H,20,21). The summed E-state index contributed by atoms with van der Waals surface area (Å²) in [6.07, 6.45) is 0. The van der Waals surface area contributed by atoms with E-state index in [2.05, 4.69) is 10.6 Å². The molecule has 1 aromatic carbocycles. The number of halogens is 1. The lowest BCUT2D eigenvalue weighted by atomic mass is 10.1. The van der Waals surface area contributed by atoms with E-state index < -0.39 is 17.7 Å². The van der Waals surface area contributed by atoms with Crippen molar-refractivity contribution >= 4 is 17.8 Å². The molecule has 0 saturated carbocycles. The number of benzene rings is 1. The molecule has 1 rings (SSSR count). The summed E-state index contributed by atoms with van der Waals surface area (Å²) in [6.45, 7) is 3.87. The van der Waals surface area contributed by atoms with E-state index in [1.54, 1.807) is 13.8 Å². The summed E-state index contributed by atoms with van der Waals surface area (Å²) in [5.41, 5.74) is -0.469. The Kier molecular flexibility index (Phi) is 5.83. The molecule has 0 unspecified atom stereocenters. The number of nitrogens with one attached hydrogen (secondary N) is 2. The van der Waals surface area contributed by atoms with Crippen LogP contribution in [0.2, 0.25) is 0 Å². The Hall–Kier alpha value is -2.44. The van der Waals surface area contributed by atoms with Crippen LogP contribution < -0.4 is 10.6 Å². The molecule has 0 fully saturated rings. The molecule has 0 aromatic heterocycles. The van der Waals surface area contributed by atoms with Crippen LogP contribution in [0.3, 0.4) is 0 Å². The average molecular weight is 296 g/mol. The molecule has 0 heterocycles. The Bertz CT molecular complexity index is 558. The Balaban J connectivity index is 2.53. The highest BCUT2D eigenvalue weighted by molar-refractivity contribution is 5.96. The fourth-order valence-electron chi connectivity index (χ4n) is 1.49. The first-order valence-corrected chi connectivity index (χ1v) is 6.41. The van der Waals surface area contributed by atoms with Gasteiger partial charge >= 0.3 is 5.97 Å². The lowest BCUT2D eigenvalue weighted by Crippen LogP contribution is -2.36. The van der Waals surface area contributed by atoms with E-state index >= 15 is 0 Å². The number of carboxylic acids is 1. The van der Waals surface area contributed by atoms with E-state index in [-0.39, 0.29) is 36.0 Å². The number of hydrogen-bond donors (Lipinski definition) is 3. The van der Waals surface area contributed by atoms with Crippen molar-refractivity contribution < 1.29 is 23.9 Å². The average Bonchev–Trinajstić information content (AvgIpc) is 2.42. The van der Waals surface area contributed by atoms with Crippen molar-refractivity contribution in [2.45, 2.75) is 13.8 Å². The van der Waals surface area contributed by atoms with E-state index in [0.717, 1.165) is 18.2 Å². The molecule has 0 aliphatic rings. The van der Waals surface area contributed by atoms with Crippen LogP contribution in [0.15, 0.2) is 18.2 Å². The van der Waals surface area contributed by atoms with Crippen LogP contribution in [0.25, 0.3) is 0 Å². The number of carbonyl (C=O) groups is 3. The van der Waals surface area contributed by atoms with Gasteiger partial charge in [-0.05, 0) is 18.2 Å². The van der Waals surface area contributed by atoms with Gasteiger partial charge in [0.2, 0.25) is 5.91 Å². The summed E-state index contributed by atoms with van der Waals surface area (Å²) in [5, 5.41) is 13.7. The van der Waals surface area contributed by atoms with Crippen LogP contribution in [0, 0.1) is 11.7 Å². The van der Waals surface area contributed by atoms with Gasteiger partial charge in [0.05, 0.1) is 11.1 Å². The summed E-state index contributed by atoms with van der Waals surface area (Å²) in [6, 6.07) is 3.06. The van der Waals surface area contributed by atoms with Crippen LogP contribution >= 0.6 is 0 Å². The summed E-state index contributed by atoms with van der Waals surface area (Å²) in [7, 11) is 0. The molecule has 0 spiro atoms. The molecule has 0 saturated heterocycles. The van der Waals surface area contributed by atoms with Crippen molar-refractivity contribution in [3.63, 3.8) is 0 Å². The maximum Gasteiger partial charge on any atom is 0.335 e. The van der Waals surface area contributed by atoms with Gasteiger partial charge < -0.3 is 15.7 Å². The summed E-state index contributed by atoms with van der Waals surface area (Å²) < 4.78 is 13.6. The first-order chi connectivity index (χ1) is 9.82. The van der Waals surface area contributed by atoms with Crippen molar-refractivity contribution in [1.82, 2.24) is 10.6 Å². The largest absolute Gasteiger partial charge is 0.478 e. The second-order valence-corrected chi connectivity index (χ2v) is 4.70. The molecular formula is C14H17FN2O4. The lowest BCUT2D eigenvalue weighted by molar-refractivity contribution is -0.123. The van der Waals surface area contributed by atoms with Crippen LogP contribution in [0.1, 0.15) is 34.6 Å². The Labute approximate surface area is 121 Å². The van der Waals surface area contributed by atoms with Gasteiger partial charge in [0, 0.05) is 19.0 Å². The van der Waals surface area contributed by atoms with Crippen LogP contribution in [-0.2, 0) is 4.79 Å². The molecule has 2 amide bonds. The highest BCUT2D eigenvalue weighted by atomic mass is 19.1. The quantitative estimate of drug-likeness (QED) is 0.683. The molecule has 7 heteroatoms. The van der Waals surface area contributed by atoms with Crippen LogP contribution in [-0.4, -0.2) is 36.0 Å². The summed E-state index contributed by atoms with van der Waals surface area (Å²) in [5.74, 6) is -3.12. The third kappa shape index (κ3) is 4.87. The van der Waals surface area contributed by atoms with Gasteiger partial charge in [-0.1, -0.05) is 13.8 Å². The zero-order valence-corrected chi connectivity index (χ0v) is 11.8. The first-order valence-electron chi connectivity index (χ1n) is 6.41. The fraction of sp³-hybridized carbons (Fsp3) is 0.357. The molecule has 0 aliphatic carbocycles. The second-order valence-electron chi connectivity index (χ2n) is 4.70. The topological polar surface area (TPSA) is 95.5 Å². The number of carbonyl (C=O) groups excluding carboxylic acids is 2. The van der Waals surface area contributed by atoms with E-state index in [9.17, 15) is 18.8 Å². The zero-order valence-electron chi connectivity index (χ0n) is 11.8.